The van der Waals surface area contributed by atoms with Crippen molar-refractivity contribution in [2.24, 2.45) is 0 Å². The summed E-state index contributed by atoms with van der Waals surface area (Å²) in [5.41, 5.74) is 1.44. The molecule has 1 unspecified atom stereocenters. The topological polar surface area (TPSA) is 24.9 Å². The zero-order valence-electron chi connectivity index (χ0n) is 10.7. The van der Waals surface area contributed by atoms with Crippen molar-refractivity contribution in [3.05, 3.63) is 64.1 Å². The molecule has 0 bridgehead atoms. The fourth-order valence-corrected chi connectivity index (χ4v) is 2.33. The van der Waals surface area contributed by atoms with E-state index in [0.717, 1.165) is 18.7 Å². The Morgan fingerprint density at radius 1 is 1.26 bits per heavy atom. The maximum Gasteiger partial charge on any atom is 0.142 e. The number of hydrogen-bond donors (Lipinski definition) is 1. The lowest BCUT2D eigenvalue weighted by Gasteiger charge is -2.19. The molecule has 0 radical (unpaired) electrons. The molecule has 2 nitrogen and oxygen atoms in total. The SMILES string of the molecule is CCCNC(c1ccccn1)c1cccc(Br)c1F. The van der Waals surface area contributed by atoms with Gasteiger partial charge in [0.1, 0.15) is 5.82 Å². The Morgan fingerprint density at radius 2 is 2.11 bits per heavy atom. The molecule has 0 fully saturated rings. The van der Waals surface area contributed by atoms with Gasteiger partial charge in [-0.15, -0.1) is 0 Å². The van der Waals surface area contributed by atoms with Crippen LogP contribution in [0, 0.1) is 5.82 Å². The van der Waals surface area contributed by atoms with Crippen LogP contribution in [0.4, 0.5) is 4.39 Å². The second kappa shape index (κ2) is 6.78. The average Bonchev–Trinajstić information content (AvgIpc) is 2.45. The highest BCUT2D eigenvalue weighted by Gasteiger charge is 2.19. The average molecular weight is 323 g/mol. The van der Waals surface area contributed by atoms with Gasteiger partial charge in [-0.3, -0.25) is 4.98 Å². The molecule has 2 aromatic rings. The summed E-state index contributed by atoms with van der Waals surface area (Å²) < 4.78 is 14.7. The number of rotatable bonds is 5. The molecule has 1 N–H and O–H groups in total. The summed E-state index contributed by atoms with van der Waals surface area (Å²) >= 11 is 3.23. The highest BCUT2D eigenvalue weighted by molar-refractivity contribution is 9.10. The van der Waals surface area contributed by atoms with Crippen molar-refractivity contribution >= 4 is 15.9 Å². The van der Waals surface area contributed by atoms with Crippen LogP contribution < -0.4 is 5.32 Å². The number of hydrogen-bond acceptors (Lipinski definition) is 2. The number of benzene rings is 1. The molecule has 19 heavy (non-hydrogen) atoms. The van der Waals surface area contributed by atoms with Crippen molar-refractivity contribution < 1.29 is 4.39 Å². The molecular formula is C15H16BrFN2. The van der Waals surface area contributed by atoms with Gasteiger partial charge in [-0.25, -0.2) is 4.39 Å². The molecule has 0 amide bonds. The first-order valence-corrected chi connectivity index (χ1v) is 7.11. The Bertz CT molecular complexity index is 531. The molecule has 1 heterocycles. The minimum atomic E-state index is -0.234. The van der Waals surface area contributed by atoms with Crippen LogP contribution in [0.25, 0.3) is 0 Å². The molecule has 0 aliphatic carbocycles. The van der Waals surface area contributed by atoms with Crippen molar-refractivity contribution in [2.75, 3.05) is 6.54 Å². The van der Waals surface area contributed by atoms with E-state index in [4.69, 9.17) is 0 Å². The predicted molar refractivity (Wildman–Crippen MR) is 78.5 cm³/mol. The standard InChI is InChI=1S/C15H16BrFN2/c1-2-9-19-15(13-8-3-4-10-18-13)11-6-5-7-12(16)14(11)17/h3-8,10,15,19H,2,9H2,1H3. The highest BCUT2D eigenvalue weighted by Crippen LogP contribution is 2.27. The predicted octanol–water partition coefficient (Wildman–Crippen LogP) is 4.07. The smallest absolute Gasteiger partial charge is 0.142 e. The van der Waals surface area contributed by atoms with Crippen LogP contribution in [0.15, 0.2) is 47.1 Å². The fraction of sp³-hybridized carbons (Fsp3) is 0.267. The monoisotopic (exact) mass is 322 g/mol. The van der Waals surface area contributed by atoms with Crippen LogP contribution in [0.5, 0.6) is 0 Å². The number of nitrogens with one attached hydrogen (secondary N) is 1. The van der Waals surface area contributed by atoms with Gasteiger partial charge in [0.05, 0.1) is 16.2 Å². The second-order valence-corrected chi connectivity index (χ2v) is 5.14. The summed E-state index contributed by atoms with van der Waals surface area (Å²) in [5, 5.41) is 3.35. The first-order valence-electron chi connectivity index (χ1n) is 6.32. The minimum Gasteiger partial charge on any atom is -0.305 e. The van der Waals surface area contributed by atoms with E-state index in [1.807, 2.05) is 24.3 Å². The Labute approximate surface area is 121 Å². The van der Waals surface area contributed by atoms with E-state index >= 15 is 0 Å². The third-order valence-corrected chi connectivity index (χ3v) is 3.49. The summed E-state index contributed by atoms with van der Waals surface area (Å²) in [6.45, 7) is 2.90. The van der Waals surface area contributed by atoms with E-state index in [9.17, 15) is 4.39 Å². The van der Waals surface area contributed by atoms with Gasteiger partial charge in [-0.2, -0.15) is 0 Å². The van der Waals surface area contributed by atoms with E-state index < -0.39 is 0 Å². The van der Waals surface area contributed by atoms with Gasteiger partial charge in [-0.1, -0.05) is 25.1 Å². The van der Waals surface area contributed by atoms with Gasteiger partial charge in [0.2, 0.25) is 0 Å². The Kier molecular flexibility index (Phi) is 5.05. The highest BCUT2D eigenvalue weighted by atomic mass is 79.9. The molecule has 2 rings (SSSR count). The number of halogens is 2. The van der Waals surface area contributed by atoms with E-state index in [2.05, 4.69) is 33.2 Å². The Balaban J connectivity index is 2.40. The number of aromatic nitrogens is 1. The Hall–Kier alpha value is -1.26. The van der Waals surface area contributed by atoms with Crippen LogP contribution in [0.1, 0.15) is 30.6 Å². The summed E-state index contributed by atoms with van der Waals surface area (Å²) in [4.78, 5) is 4.33. The number of nitrogens with zero attached hydrogens (tertiary/aromatic N) is 1. The first-order chi connectivity index (χ1) is 9.24. The van der Waals surface area contributed by atoms with Crippen LogP contribution >= 0.6 is 15.9 Å². The molecule has 0 aliphatic rings. The van der Waals surface area contributed by atoms with Gasteiger partial charge in [-0.05, 0) is 47.1 Å². The van der Waals surface area contributed by atoms with E-state index in [1.54, 1.807) is 18.3 Å². The van der Waals surface area contributed by atoms with Gasteiger partial charge in [0.25, 0.3) is 0 Å². The maximum absolute atomic E-state index is 14.3. The van der Waals surface area contributed by atoms with Crippen molar-refractivity contribution in [3.8, 4) is 0 Å². The van der Waals surface area contributed by atoms with Crippen molar-refractivity contribution in [3.63, 3.8) is 0 Å². The van der Waals surface area contributed by atoms with Gasteiger partial charge < -0.3 is 5.32 Å². The zero-order valence-corrected chi connectivity index (χ0v) is 12.3. The maximum atomic E-state index is 14.3. The first kappa shape index (κ1) is 14.2. The molecule has 1 aromatic heterocycles. The molecule has 4 heteroatoms. The number of pyridine rings is 1. The van der Waals surface area contributed by atoms with E-state index in [1.165, 1.54) is 0 Å². The summed E-state index contributed by atoms with van der Waals surface area (Å²) in [5.74, 6) is -0.234. The van der Waals surface area contributed by atoms with Gasteiger partial charge >= 0.3 is 0 Å². The lowest BCUT2D eigenvalue weighted by Crippen LogP contribution is -2.25. The molecule has 0 aliphatic heterocycles. The molecule has 1 atom stereocenters. The summed E-state index contributed by atoms with van der Waals surface area (Å²) in [7, 11) is 0. The Morgan fingerprint density at radius 3 is 2.79 bits per heavy atom. The normalized spacial score (nSPS) is 12.4. The molecule has 0 saturated carbocycles. The third kappa shape index (κ3) is 3.39. The molecule has 0 spiro atoms. The largest absolute Gasteiger partial charge is 0.305 e. The van der Waals surface area contributed by atoms with E-state index in [-0.39, 0.29) is 11.9 Å². The molecule has 0 saturated heterocycles. The van der Waals surface area contributed by atoms with Crippen molar-refractivity contribution in [1.82, 2.24) is 10.3 Å². The van der Waals surface area contributed by atoms with Gasteiger partial charge in [0, 0.05) is 11.8 Å². The summed E-state index contributed by atoms with van der Waals surface area (Å²) in [6, 6.07) is 10.8. The summed E-state index contributed by atoms with van der Waals surface area (Å²) in [6.07, 6.45) is 2.71. The van der Waals surface area contributed by atoms with Crippen LogP contribution in [-0.2, 0) is 0 Å². The zero-order chi connectivity index (χ0) is 13.7. The van der Waals surface area contributed by atoms with Gasteiger partial charge in [0.15, 0.2) is 0 Å². The van der Waals surface area contributed by atoms with Crippen molar-refractivity contribution in [1.29, 1.82) is 0 Å². The minimum absolute atomic E-state index is 0.223. The lowest BCUT2D eigenvalue weighted by molar-refractivity contribution is 0.536. The van der Waals surface area contributed by atoms with Crippen LogP contribution in [0.2, 0.25) is 0 Å². The molecule has 100 valence electrons. The lowest BCUT2D eigenvalue weighted by atomic mass is 10.0. The van der Waals surface area contributed by atoms with Crippen LogP contribution in [0.3, 0.4) is 0 Å². The fourth-order valence-electron chi connectivity index (χ4n) is 1.95. The van der Waals surface area contributed by atoms with E-state index in [0.29, 0.717) is 10.0 Å². The molecular weight excluding hydrogens is 307 g/mol. The molecule has 1 aromatic carbocycles. The van der Waals surface area contributed by atoms with Crippen LogP contribution in [-0.4, -0.2) is 11.5 Å². The second-order valence-electron chi connectivity index (χ2n) is 4.28. The van der Waals surface area contributed by atoms with Crippen molar-refractivity contribution in [2.45, 2.75) is 19.4 Å². The third-order valence-electron chi connectivity index (χ3n) is 2.87. The quantitative estimate of drug-likeness (QED) is 0.897.